The standard InChI is InChI=1S/C14H19N3O5S/c1-3-17(11-4-5-23(20,21)9-11)13(18)8-22-14(19)12-7-15-10(2)6-16-12/h6-7,11H,3-5,8-9H2,1-2H3/t11-/m0/s1. The number of hydrogen-bond acceptors (Lipinski definition) is 7. The lowest BCUT2D eigenvalue weighted by Gasteiger charge is -2.26. The Morgan fingerprint density at radius 3 is 2.61 bits per heavy atom. The van der Waals surface area contributed by atoms with Crippen molar-refractivity contribution in [3.05, 3.63) is 23.8 Å². The van der Waals surface area contributed by atoms with E-state index in [1.807, 2.05) is 0 Å². The Labute approximate surface area is 134 Å². The van der Waals surface area contributed by atoms with Crippen LogP contribution >= 0.6 is 0 Å². The Kier molecular flexibility index (Phi) is 5.30. The van der Waals surface area contributed by atoms with Crippen molar-refractivity contribution < 1.29 is 22.7 Å². The first-order valence-corrected chi connectivity index (χ1v) is 9.10. The van der Waals surface area contributed by atoms with Crippen LogP contribution < -0.4 is 0 Å². The molecule has 0 N–H and O–H groups in total. The van der Waals surface area contributed by atoms with Gasteiger partial charge in [-0.1, -0.05) is 0 Å². The van der Waals surface area contributed by atoms with Crippen molar-refractivity contribution in [3.8, 4) is 0 Å². The summed E-state index contributed by atoms with van der Waals surface area (Å²) in [6, 6.07) is -0.352. The molecule has 1 aliphatic heterocycles. The highest BCUT2D eigenvalue weighted by Gasteiger charge is 2.34. The predicted octanol–water partition coefficient (Wildman–Crippen LogP) is -0.0226. The molecule has 0 aromatic carbocycles. The molecular formula is C14H19N3O5S. The zero-order chi connectivity index (χ0) is 17.0. The minimum atomic E-state index is -3.08. The van der Waals surface area contributed by atoms with E-state index in [2.05, 4.69) is 9.97 Å². The number of likely N-dealkylation sites (N-methyl/N-ethyl adjacent to an activating group) is 1. The molecule has 1 aliphatic rings. The smallest absolute Gasteiger partial charge is 0.359 e. The Morgan fingerprint density at radius 2 is 2.09 bits per heavy atom. The van der Waals surface area contributed by atoms with Gasteiger partial charge in [0, 0.05) is 18.8 Å². The average molecular weight is 341 g/mol. The summed E-state index contributed by atoms with van der Waals surface area (Å²) in [4.78, 5) is 33.2. The highest BCUT2D eigenvalue weighted by atomic mass is 32.2. The number of amides is 1. The van der Waals surface area contributed by atoms with Crippen LogP contribution in [0.4, 0.5) is 0 Å². The summed E-state index contributed by atoms with van der Waals surface area (Å²) < 4.78 is 28.0. The second-order valence-electron chi connectivity index (χ2n) is 5.36. The van der Waals surface area contributed by atoms with Crippen LogP contribution in [0.2, 0.25) is 0 Å². The lowest BCUT2D eigenvalue weighted by Crippen LogP contribution is -2.43. The minimum Gasteiger partial charge on any atom is -0.451 e. The van der Waals surface area contributed by atoms with Gasteiger partial charge in [0.05, 0.1) is 23.4 Å². The van der Waals surface area contributed by atoms with Crippen LogP contribution in [0.15, 0.2) is 12.4 Å². The Hall–Kier alpha value is -2.03. The fraction of sp³-hybridized carbons (Fsp3) is 0.571. The highest BCUT2D eigenvalue weighted by molar-refractivity contribution is 7.91. The summed E-state index contributed by atoms with van der Waals surface area (Å²) in [6.45, 7) is 3.41. The van der Waals surface area contributed by atoms with Gasteiger partial charge in [0.15, 0.2) is 22.1 Å². The molecule has 0 radical (unpaired) electrons. The zero-order valence-electron chi connectivity index (χ0n) is 13.1. The summed E-state index contributed by atoms with van der Waals surface area (Å²) in [5.74, 6) is -1.10. The molecule has 9 heteroatoms. The fourth-order valence-corrected chi connectivity index (χ4v) is 4.17. The van der Waals surface area contributed by atoms with Gasteiger partial charge in [0.2, 0.25) is 0 Å². The minimum absolute atomic E-state index is 0.0230. The van der Waals surface area contributed by atoms with Gasteiger partial charge in [-0.15, -0.1) is 0 Å². The Balaban J connectivity index is 1.92. The number of carbonyl (C=O) groups excluding carboxylic acids is 2. The van der Waals surface area contributed by atoms with Crippen LogP contribution in [0.1, 0.15) is 29.5 Å². The third-order valence-corrected chi connectivity index (χ3v) is 5.38. The first-order valence-electron chi connectivity index (χ1n) is 7.28. The molecule has 23 heavy (non-hydrogen) atoms. The molecule has 0 saturated carbocycles. The monoisotopic (exact) mass is 341 g/mol. The number of ether oxygens (including phenoxy) is 1. The van der Waals surface area contributed by atoms with Crippen molar-refractivity contribution in [3.63, 3.8) is 0 Å². The highest BCUT2D eigenvalue weighted by Crippen LogP contribution is 2.17. The van der Waals surface area contributed by atoms with E-state index < -0.39 is 28.3 Å². The second kappa shape index (κ2) is 7.03. The van der Waals surface area contributed by atoms with Gasteiger partial charge < -0.3 is 9.64 Å². The lowest BCUT2D eigenvalue weighted by atomic mass is 10.2. The molecule has 0 unspecified atom stereocenters. The normalized spacial score (nSPS) is 19.3. The summed E-state index contributed by atoms with van der Waals surface area (Å²) in [5, 5.41) is 0. The number of esters is 1. The van der Waals surface area contributed by atoms with E-state index in [4.69, 9.17) is 4.74 Å². The van der Waals surface area contributed by atoms with Gasteiger partial charge in [-0.3, -0.25) is 9.78 Å². The third-order valence-electron chi connectivity index (χ3n) is 3.63. The van der Waals surface area contributed by atoms with Gasteiger partial charge in [-0.25, -0.2) is 18.2 Å². The molecule has 1 aromatic rings. The van der Waals surface area contributed by atoms with Crippen molar-refractivity contribution in [2.24, 2.45) is 0 Å². The number of aromatic nitrogens is 2. The Bertz CT molecular complexity index is 687. The van der Waals surface area contributed by atoms with E-state index in [1.165, 1.54) is 17.3 Å². The molecule has 8 nitrogen and oxygen atoms in total. The predicted molar refractivity (Wildman–Crippen MR) is 81.5 cm³/mol. The Morgan fingerprint density at radius 1 is 1.35 bits per heavy atom. The molecule has 1 atom stereocenters. The molecule has 1 amide bonds. The summed E-state index contributed by atoms with van der Waals surface area (Å²) in [5.41, 5.74) is 0.687. The number of sulfone groups is 1. The maximum Gasteiger partial charge on any atom is 0.359 e. The SMILES string of the molecule is CCN(C(=O)COC(=O)c1cnc(C)cn1)[C@H]1CCS(=O)(=O)C1. The van der Waals surface area contributed by atoms with Crippen molar-refractivity contribution >= 4 is 21.7 Å². The van der Waals surface area contributed by atoms with E-state index in [-0.39, 0.29) is 23.2 Å². The molecule has 1 saturated heterocycles. The summed E-state index contributed by atoms with van der Waals surface area (Å²) in [7, 11) is -3.08. The molecule has 0 spiro atoms. The third kappa shape index (κ3) is 4.47. The molecule has 0 bridgehead atoms. The van der Waals surface area contributed by atoms with Gasteiger partial charge in [0.25, 0.3) is 5.91 Å². The summed E-state index contributed by atoms with van der Waals surface area (Å²) >= 11 is 0. The number of nitrogens with zero attached hydrogens (tertiary/aromatic N) is 3. The number of hydrogen-bond donors (Lipinski definition) is 0. The van der Waals surface area contributed by atoms with Crippen LogP contribution in [0.3, 0.4) is 0 Å². The van der Waals surface area contributed by atoms with E-state index in [1.54, 1.807) is 13.8 Å². The number of aryl methyl sites for hydroxylation is 1. The largest absolute Gasteiger partial charge is 0.451 e. The van der Waals surface area contributed by atoms with Crippen LogP contribution in [-0.2, 0) is 19.4 Å². The molecule has 2 rings (SSSR count). The van der Waals surface area contributed by atoms with Crippen molar-refractivity contribution in [1.82, 2.24) is 14.9 Å². The maximum absolute atomic E-state index is 12.2. The maximum atomic E-state index is 12.2. The fourth-order valence-electron chi connectivity index (χ4n) is 2.44. The average Bonchev–Trinajstić information content (AvgIpc) is 2.86. The number of rotatable bonds is 5. The van der Waals surface area contributed by atoms with Crippen molar-refractivity contribution in [2.75, 3.05) is 24.7 Å². The van der Waals surface area contributed by atoms with Crippen LogP contribution in [0.25, 0.3) is 0 Å². The molecule has 2 heterocycles. The van der Waals surface area contributed by atoms with Gasteiger partial charge in [0.1, 0.15) is 0 Å². The number of carbonyl (C=O) groups is 2. The lowest BCUT2D eigenvalue weighted by molar-refractivity contribution is -0.136. The molecule has 0 aliphatic carbocycles. The van der Waals surface area contributed by atoms with Gasteiger partial charge in [-0.2, -0.15) is 0 Å². The zero-order valence-corrected chi connectivity index (χ0v) is 13.9. The van der Waals surface area contributed by atoms with Crippen molar-refractivity contribution in [2.45, 2.75) is 26.3 Å². The second-order valence-corrected chi connectivity index (χ2v) is 7.58. The first kappa shape index (κ1) is 17.3. The van der Waals surface area contributed by atoms with Crippen LogP contribution in [0, 0.1) is 6.92 Å². The van der Waals surface area contributed by atoms with E-state index in [9.17, 15) is 18.0 Å². The topological polar surface area (TPSA) is 107 Å². The van der Waals surface area contributed by atoms with Crippen LogP contribution in [0.5, 0.6) is 0 Å². The quantitative estimate of drug-likeness (QED) is 0.693. The van der Waals surface area contributed by atoms with E-state index in [0.29, 0.717) is 18.7 Å². The van der Waals surface area contributed by atoms with E-state index >= 15 is 0 Å². The molecule has 1 fully saturated rings. The summed E-state index contributed by atoms with van der Waals surface area (Å²) in [6.07, 6.45) is 3.13. The molecular weight excluding hydrogens is 322 g/mol. The van der Waals surface area contributed by atoms with Crippen LogP contribution in [-0.4, -0.2) is 65.9 Å². The molecule has 1 aromatic heterocycles. The van der Waals surface area contributed by atoms with Crippen molar-refractivity contribution in [1.29, 1.82) is 0 Å². The molecule has 126 valence electrons. The first-order chi connectivity index (χ1) is 10.8. The van der Waals surface area contributed by atoms with Gasteiger partial charge >= 0.3 is 5.97 Å². The van der Waals surface area contributed by atoms with Gasteiger partial charge in [-0.05, 0) is 20.3 Å². The van der Waals surface area contributed by atoms with E-state index in [0.717, 1.165) is 0 Å².